The normalized spacial score (nSPS) is 11.8. The predicted octanol–water partition coefficient (Wildman–Crippen LogP) is 4.05. The predicted molar refractivity (Wildman–Crippen MR) is 115 cm³/mol. The molecule has 0 aromatic heterocycles. The van der Waals surface area contributed by atoms with Crippen LogP contribution in [-0.4, -0.2) is 12.8 Å². The van der Waals surface area contributed by atoms with Crippen LogP contribution in [0.3, 0.4) is 0 Å². The summed E-state index contributed by atoms with van der Waals surface area (Å²) in [6.07, 6.45) is -2.24. The molecule has 0 spiro atoms. The molecule has 0 aliphatic carbocycles. The Morgan fingerprint density at radius 2 is 1.35 bits per heavy atom. The second-order valence-electron chi connectivity index (χ2n) is 5.81. The number of hydrogen-bond donors (Lipinski definition) is 1. The van der Waals surface area contributed by atoms with Crippen LogP contribution >= 0.6 is 6.19 Å². The lowest BCUT2D eigenvalue weighted by Gasteiger charge is -2.23. The van der Waals surface area contributed by atoms with Crippen LogP contribution in [0.1, 0.15) is 12.5 Å². The molecule has 0 atom stereocenters. The van der Waals surface area contributed by atoms with E-state index in [1.165, 1.54) is 0 Å². The number of hydrogen-bond acceptors (Lipinski definition) is 3. The molecule has 3 aromatic carbocycles. The highest BCUT2D eigenvalue weighted by molar-refractivity contribution is 8.20. The summed E-state index contributed by atoms with van der Waals surface area (Å²) >= 11 is 6.12. The summed E-state index contributed by atoms with van der Waals surface area (Å²) in [5.41, 5.74) is 1.91. The van der Waals surface area contributed by atoms with Crippen molar-refractivity contribution in [3.63, 3.8) is 0 Å². The van der Waals surface area contributed by atoms with E-state index in [2.05, 4.69) is 34.6 Å². The molecule has 0 bridgehead atoms. The minimum absolute atomic E-state index is 0.827. The van der Waals surface area contributed by atoms with Gasteiger partial charge in [-0.1, -0.05) is 72.5 Å². The molecule has 0 saturated carbocycles. The van der Waals surface area contributed by atoms with Gasteiger partial charge in [-0.2, -0.15) is 5.10 Å². The number of hydrazone groups is 1. The van der Waals surface area contributed by atoms with Gasteiger partial charge in [0.05, 0.1) is 12.8 Å². The zero-order valence-corrected chi connectivity index (χ0v) is 16.5. The molecule has 5 heteroatoms. The van der Waals surface area contributed by atoms with E-state index in [4.69, 9.17) is 16.5 Å². The zero-order valence-electron chi connectivity index (χ0n) is 14.8. The fourth-order valence-corrected chi connectivity index (χ4v) is 5.44. The largest absolute Gasteiger partial charge is 0.497 e. The maximum absolute atomic E-state index is 6.12. The third-order valence-electron chi connectivity index (χ3n) is 4.11. The minimum Gasteiger partial charge on any atom is -0.497 e. The average molecular weight is 380 g/mol. The summed E-state index contributed by atoms with van der Waals surface area (Å²) in [4.78, 5) is 0. The Kier molecular flexibility index (Phi) is 5.87. The van der Waals surface area contributed by atoms with Gasteiger partial charge in [-0.05, 0) is 36.8 Å². The first-order valence-electron chi connectivity index (χ1n) is 8.31. The Morgan fingerprint density at radius 1 is 0.846 bits per heavy atom. The molecule has 0 heterocycles. The molecule has 1 N–H and O–H groups in total. The lowest BCUT2D eigenvalue weighted by Crippen LogP contribution is -2.25. The summed E-state index contributed by atoms with van der Waals surface area (Å²) in [6, 6.07) is 28.2. The van der Waals surface area contributed by atoms with Gasteiger partial charge in [0.25, 0.3) is 0 Å². The van der Waals surface area contributed by atoms with Gasteiger partial charge in [0.2, 0.25) is 0 Å². The highest BCUT2D eigenvalue weighted by Gasteiger charge is 2.21. The molecule has 0 saturated heterocycles. The van der Waals surface area contributed by atoms with E-state index in [0.29, 0.717) is 0 Å². The van der Waals surface area contributed by atoms with Crippen molar-refractivity contribution in [2.45, 2.75) is 6.92 Å². The van der Waals surface area contributed by atoms with Gasteiger partial charge in [-0.25, -0.2) is 0 Å². The zero-order chi connectivity index (χ0) is 18.4. The molecule has 3 aromatic rings. The van der Waals surface area contributed by atoms with Crippen LogP contribution in [0, 0.1) is 0 Å². The summed E-state index contributed by atoms with van der Waals surface area (Å²) < 4.78 is 5.21. The molecule has 0 radical (unpaired) electrons. The van der Waals surface area contributed by atoms with Gasteiger partial charge in [0.1, 0.15) is 11.9 Å². The number of nitrogens with zero attached hydrogens (tertiary/aromatic N) is 1. The minimum atomic E-state index is -2.24. The van der Waals surface area contributed by atoms with Crippen molar-refractivity contribution >= 4 is 34.3 Å². The second-order valence-corrected chi connectivity index (χ2v) is 9.90. The van der Waals surface area contributed by atoms with E-state index in [1.54, 1.807) is 7.11 Å². The first kappa shape index (κ1) is 18.4. The summed E-state index contributed by atoms with van der Waals surface area (Å²) in [6.45, 7) is 1.98. The molecule has 0 fully saturated rings. The fourth-order valence-electron chi connectivity index (χ4n) is 2.58. The van der Waals surface area contributed by atoms with Crippen molar-refractivity contribution < 1.29 is 4.74 Å². The molecular formula is C21H21N2OPS. The Hall–Kier alpha value is -2.42. The maximum atomic E-state index is 6.12. The average Bonchev–Trinajstić information content (AvgIpc) is 2.73. The van der Waals surface area contributed by atoms with Crippen molar-refractivity contribution in [2.75, 3.05) is 7.11 Å². The summed E-state index contributed by atoms with van der Waals surface area (Å²) in [7, 11) is 1.66. The molecular weight excluding hydrogens is 359 g/mol. The van der Waals surface area contributed by atoms with Crippen molar-refractivity contribution in [3.8, 4) is 5.75 Å². The third-order valence-corrected chi connectivity index (χ3v) is 8.05. The topological polar surface area (TPSA) is 33.6 Å². The molecule has 132 valence electrons. The molecule has 3 nitrogen and oxygen atoms in total. The first-order chi connectivity index (χ1) is 12.6. The Balaban J connectivity index is 1.95. The van der Waals surface area contributed by atoms with E-state index in [-0.39, 0.29) is 0 Å². The van der Waals surface area contributed by atoms with Crippen LogP contribution in [0.5, 0.6) is 5.75 Å². The van der Waals surface area contributed by atoms with Crippen molar-refractivity contribution in [1.29, 1.82) is 0 Å². The van der Waals surface area contributed by atoms with Crippen LogP contribution in [-0.2, 0) is 11.8 Å². The fraction of sp³-hybridized carbons (Fsp3) is 0.0952. The molecule has 0 aliphatic rings. The van der Waals surface area contributed by atoms with Crippen LogP contribution in [0.2, 0.25) is 0 Å². The SMILES string of the molecule is COc1ccc(/C(C)=N/NP(=S)(c2ccccc2)c2ccccc2)cc1. The number of methoxy groups -OCH3 is 1. The lowest BCUT2D eigenvalue weighted by atomic mass is 10.1. The van der Waals surface area contributed by atoms with Gasteiger partial charge in [0, 0.05) is 10.6 Å². The van der Waals surface area contributed by atoms with Gasteiger partial charge < -0.3 is 4.74 Å². The van der Waals surface area contributed by atoms with Crippen molar-refractivity contribution in [1.82, 2.24) is 5.20 Å². The van der Waals surface area contributed by atoms with E-state index >= 15 is 0 Å². The number of benzene rings is 3. The molecule has 0 unspecified atom stereocenters. The Morgan fingerprint density at radius 3 is 1.81 bits per heavy atom. The second kappa shape index (κ2) is 8.31. The Bertz CT molecular complexity index is 882. The smallest absolute Gasteiger partial charge is 0.118 e. The third kappa shape index (κ3) is 4.04. The number of rotatable bonds is 6. The van der Waals surface area contributed by atoms with E-state index in [9.17, 15) is 0 Å². The monoisotopic (exact) mass is 380 g/mol. The van der Waals surface area contributed by atoms with E-state index < -0.39 is 6.19 Å². The summed E-state index contributed by atoms with van der Waals surface area (Å²) in [5.74, 6) is 0.827. The van der Waals surface area contributed by atoms with Crippen LogP contribution in [0.25, 0.3) is 0 Å². The van der Waals surface area contributed by atoms with Crippen LogP contribution in [0.4, 0.5) is 0 Å². The lowest BCUT2D eigenvalue weighted by molar-refractivity contribution is 0.415. The molecule has 26 heavy (non-hydrogen) atoms. The van der Waals surface area contributed by atoms with Crippen molar-refractivity contribution in [2.24, 2.45) is 5.10 Å². The summed E-state index contributed by atoms with van der Waals surface area (Å²) in [5, 5.41) is 10.2. The molecule has 0 aliphatic heterocycles. The number of nitrogens with one attached hydrogen (secondary N) is 1. The Labute approximate surface area is 159 Å². The van der Waals surface area contributed by atoms with Crippen LogP contribution in [0.15, 0.2) is 90.0 Å². The van der Waals surface area contributed by atoms with Gasteiger partial charge in [-0.3, -0.25) is 5.20 Å². The number of ether oxygens (including phenoxy) is 1. The van der Waals surface area contributed by atoms with Gasteiger partial charge in [-0.15, -0.1) is 0 Å². The van der Waals surface area contributed by atoms with Gasteiger partial charge >= 0.3 is 0 Å². The van der Waals surface area contributed by atoms with Gasteiger partial charge in [0.15, 0.2) is 0 Å². The molecule has 3 rings (SSSR count). The highest BCUT2D eigenvalue weighted by atomic mass is 32.4. The molecule has 0 amide bonds. The van der Waals surface area contributed by atoms with E-state index in [0.717, 1.165) is 27.6 Å². The highest BCUT2D eigenvalue weighted by Crippen LogP contribution is 2.39. The maximum Gasteiger partial charge on any atom is 0.118 e. The standard InChI is InChI=1S/C21H21N2OPS/c1-17(18-13-15-19(24-2)16-14-18)22-23-25(26,20-9-5-3-6-10-20)21-11-7-4-8-12-21/h3-16H,1-2H3,(H,23,26)/b22-17+. The van der Waals surface area contributed by atoms with E-state index in [1.807, 2.05) is 67.6 Å². The quantitative estimate of drug-likeness (QED) is 0.398. The van der Waals surface area contributed by atoms with Crippen LogP contribution < -0.4 is 20.5 Å². The first-order valence-corrected chi connectivity index (χ1v) is 11.1. The van der Waals surface area contributed by atoms with Crippen molar-refractivity contribution in [3.05, 3.63) is 90.5 Å².